The lowest BCUT2D eigenvalue weighted by atomic mass is 9.46. The predicted octanol–water partition coefficient (Wildman–Crippen LogP) is 4.40. The van der Waals surface area contributed by atoms with Crippen LogP contribution in [0.15, 0.2) is 40.7 Å². The Hall–Kier alpha value is -3.34. The molecule has 5 aliphatic carbocycles. The third kappa shape index (κ3) is 4.76. The molecule has 1 aliphatic heterocycles. The number of benzene rings is 1. The summed E-state index contributed by atoms with van der Waals surface area (Å²) in [5.74, 6) is -0.567. The van der Waals surface area contributed by atoms with Crippen LogP contribution in [0.5, 0.6) is 5.75 Å². The number of hydrogen-bond acceptors (Lipinski definition) is 8. The Kier molecular flexibility index (Phi) is 7.60. The first-order chi connectivity index (χ1) is 23.3. The number of fused-ring (bicyclic) bond motifs is 6. The number of Topliss-reactive ketones (excluding diaryl/α,β-unsaturated/α-hetero) is 1. The minimum absolute atomic E-state index is 0.0161. The monoisotopic (exact) mass is 673 g/mol. The van der Waals surface area contributed by atoms with Crippen molar-refractivity contribution in [2.75, 3.05) is 31.6 Å². The van der Waals surface area contributed by atoms with Crippen LogP contribution in [-0.4, -0.2) is 70.8 Å². The highest BCUT2D eigenvalue weighted by atomic mass is 19.1. The summed E-state index contributed by atoms with van der Waals surface area (Å²) in [5.41, 5.74) is -0.976. The Bertz CT molecular complexity index is 1880. The predicted molar refractivity (Wildman–Crippen MR) is 184 cm³/mol. The molecule has 2 aromatic rings. The van der Waals surface area contributed by atoms with Gasteiger partial charge in [-0.3, -0.25) is 14.4 Å². The number of hydrogen-bond donors (Lipinski definition) is 3. The Morgan fingerprint density at radius 3 is 2.65 bits per heavy atom. The number of pyridine rings is 1. The maximum atomic E-state index is 15.8. The first kappa shape index (κ1) is 32.8. The zero-order valence-electron chi connectivity index (χ0n) is 28.9. The Morgan fingerprint density at radius 2 is 1.94 bits per heavy atom. The van der Waals surface area contributed by atoms with Gasteiger partial charge in [0.25, 0.3) is 0 Å². The van der Waals surface area contributed by atoms with E-state index in [9.17, 15) is 24.6 Å². The minimum Gasteiger partial charge on any atom is -0.492 e. The maximum Gasteiger partial charge on any atom is 0.189 e. The molecule has 0 spiro atoms. The Morgan fingerprint density at radius 1 is 1.16 bits per heavy atom. The van der Waals surface area contributed by atoms with Gasteiger partial charge in [0.2, 0.25) is 0 Å². The zero-order chi connectivity index (χ0) is 34.6. The molecular formula is C39H48FN3O6. The summed E-state index contributed by atoms with van der Waals surface area (Å²) >= 11 is 0. The van der Waals surface area contributed by atoms with Gasteiger partial charge in [0.15, 0.2) is 28.6 Å². The molecule has 5 fully saturated rings. The van der Waals surface area contributed by atoms with Crippen molar-refractivity contribution in [3.05, 3.63) is 57.7 Å². The van der Waals surface area contributed by atoms with E-state index in [0.29, 0.717) is 48.7 Å². The summed E-state index contributed by atoms with van der Waals surface area (Å²) in [4.78, 5) is 42.5. The molecule has 1 aromatic carbocycles. The highest BCUT2D eigenvalue weighted by molar-refractivity contribution is 6.01. The van der Waals surface area contributed by atoms with Crippen LogP contribution in [-0.2, 0) is 16.0 Å². The highest BCUT2D eigenvalue weighted by Gasteiger charge is 2.68. The Balaban J connectivity index is 1.17. The fraction of sp³-hybridized carbons (Fsp3) is 0.615. The quantitative estimate of drug-likeness (QED) is 0.413. The van der Waals surface area contributed by atoms with Gasteiger partial charge in [-0.2, -0.15) is 0 Å². The first-order valence-electron chi connectivity index (χ1n) is 18.1. The number of carbonyl (C=O) groups excluding carboxylic acids is 2. The van der Waals surface area contributed by atoms with Crippen LogP contribution < -0.4 is 20.4 Å². The molecule has 1 unspecified atom stereocenters. The van der Waals surface area contributed by atoms with Crippen LogP contribution in [0.1, 0.15) is 77.5 Å². The number of carbonyl (C=O) groups is 2. The third-order valence-electron chi connectivity index (χ3n) is 13.5. The van der Waals surface area contributed by atoms with Gasteiger partial charge in [0.1, 0.15) is 11.3 Å². The minimum atomic E-state index is -1.69. The van der Waals surface area contributed by atoms with Crippen molar-refractivity contribution in [2.45, 2.75) is 95.9 Å². The van der Waals surface area contributed by atoms with E-state index >= 15 is 4.39 Å². The molecule has 1 saturated heterocycles. The van der Waals surface area contributed by atoms with Crippen LogP contribution in [0.4, 0.5) is 10.1 Å². The van der Waals surface area contributed by atoms with Gasteiger partial charge in [0, 0.05) is 66.6 Å². The first-order valence-corrected chi connectivity index (χ1v) is 18.1. The average molecular weight is 674 g/mol. The molecule has 4 saturated carbocycles. The molecule has 0 bridgehead atoms. The number of nitrogens with zero attached hydrogens (tertiary/aromatic N) is 2. The summed E-state index contributed by atoms with van der Waals surface area (Å²) in [6, 6.07) is 2.93. The highest BCUT2D eigenvalue weighted by Crippen LogP contribution is 2.67. The normalized spacial score (nSPS) is 37.0. The van der Waals surface area contributed by atoms with E-state index in [-0.39, 0.29) is 71.5 Å². The molecule has 0 amide bonds. The second-order valence-electron chi connectivity index (χ2n) is 16.2. The van der Waals surface area contributed by atoms with Crippen molar-refractivity contribution >= 4 is 28.2 Å². The Labute approximate surface area is 286 Å². The van der Waals surface area contributed by atoms with Crippen molar-refractivity contribution < 1.29 is 28.9 Å². The van der Waals surface area contributed by atoms with E-state index in [1.165, 1.54) is 19.2 Å². The molecule has 10 heteroatoms. The van der Waals surface area contributed by atoms with Gasteiger partial charge in [-0.15, -0.1) is 0 Å². The van der Waals surface area contributed by atoms with Crippen LogP contribution in [0.2, 0.25) is 0 Å². The van der Waals surface area contributed by atoms with Crippen molar-refractivity contribution in [3.8, 4) is 5.75 Å². The summed E-state index contributed by atoms with van der Waals surface area (Å²) in [6.07, 6.45) is 8.88. The summed E-state index contributed by atoms with van der Waals surface area (Å²) < 4.78 is 23.8. The number of ketones is 2. The van der Waals surface area contributed by atoms with E-state index in [1.54, 1.807) is 12.2 Å². The molecule has 3 N–H and O–H groups in total. The lowest BCUT2D eigenvalue weighted by Crippen LogP contribution is -2.61. The third-order valence-corrected chi connectivity index (χ3v) is 13.5. The van der Waals surface area contributed by atoms with Gasteiger partial charge < -0.3 is 29.7 Å². The number of methoxy groups -OCH3 is 1. The van der Waals surface area contributed by atoms with E-state index in [4.69, 9.17) is 4.74 Å². The second-order valence-corrected chi connectivity index (χ2v) is 16.2. The SMILES string of the molecule is COc1c(N2CCNC(C)C2)c(F)cc2c(=O)cc(CC(=O)[C@]3(O)CC[C@@H]4[C@H]5CCC6=CC(=O)C=C[C@@]6(C)[C@@H]5[C@H](O)C[C@]43C)n(C3CC3)c12. The van der Waals surface area contributed by atoms with Crippen LogP contribution in [0.25, 0.3) is 10.9 Å². The molecule has 8 rings (SSSR count). The topological polar surface area (TPSA) is 121 Å². The molecule has 0 radical (unpaired) electrons. The van der Waals surface area contributed by atoms with Gasteiger partial charge >= 0.3 is 0 Å². The van der Waals surface area contributed by atoms with E-state index in [1.807, 2.05) is 29.4 Å². The van der Waals surface area contributed by atoms with Crippen molar-refractivity contribution in [1.29, 1.82) is 0 Å². The van der Waals surface area contributed by atoms with Crippen LogP contribution in [0.3, 0.4) is 0 Å². The smallest absolute Gasteiger partial charge is 0.189 e. The number of aliphatic hydroxyl groups excluding tert-OH is 1. The molecule has 1 aromatic heterocycles. The van der Waals surface area contributed by atoms with E-state index in [2.05, 4.69) is 12.2 Å². The van der Waals surface area contributed by atoms with Gasteiger partial charge in [0.05, 0.1) is 24.1 Å². The van der Waals surface area contributed by atoms with Crippen molar-refractivity contribution in [3.63, 3.8) is 0 Å². The number of aliphatic hydroxyl groups is 2. The standard InChI is InChI=1S/C39H48FN3O6/c1-21-20-42(14-13-41-21)35-29(40)18-27-30(45)16-24(43(23-6-7-23)34(27)36(35)49-4)17-32(47)39(48)12-10-28-26-8-5-22-15-25(44)9-11-37(22,2)33(26)31(46)19-38(28,39)3/h9,11,15-16,18,21,23,26,28,31,33,41,46,48H,5-8,10,12-14,17,19-20H2,1-4H3/t21?,26-,28-,31-,33+,37-,38-,39-/m1/s1. The van der Waals surface area contributed by atoms with E-state index in [0.717, 1.165) is 31.3 Å². The van der Waals surface area contributed by atoms with Crippen LogP contribution in [0, 0.1) is 34.4 Å². The second kappa shape index (κ2) is 11.3. The molecule has 9 nitrogen and oxygen atoms in total. The molecule has 49 heavy (non-hydrogen) atoms. The lowest BCUT2D eigenvalue weighted by molar-refractivity contribution is -0.176. The van der Waals surface area contributed by atoms with Crippen molar-refractivity contribution in [2.24, 2.45) is 28.6 Å². The van der Waals surface area contributed by atoms with E-state index < -0.39 is 28.4 Å². The molecule has 2 heterocycles. The number of allylic oxidation sites excluding steroid dienone is 4. The number of nitrogens with one attached hydrogen (secondary N) is 1. The summed E-state index contributed by atoms with van der Waals surface area (Å²) in [7, 11) is 1.50. The number of halogens is 1. The number of aromatic nitrogens is 1. The molecular weight excluding hydrogens is 625 g/mol. The van der Waals surface area contributed by atoms with Gasteiger partial charge in [-0.1, -0.05) is 25.5 Å². The zero-order valence-corrected chi connectivity index (χ0v) is 28.9. The van der Waals surface area contributed by atoms with Crippen molar-refractivity contribution in [1.82, 2.24) is 9.88 Å². The fourth-order valence-electron chi connectivity index (χ4n) is 11.1. The number of piperazine rings is 1. The average Bonchev–Trinajstić information content (AvgIpc) is 3.85. The molecule has 262 valence electrons. The number of rotatable bonds is 6. The maximum absolute atomic E-state index is 15.8. The van der Waals surface area contributed by atoms with Crippen LogP contribution >= 0.6 is 0 Å². The number of anilines is 1. The van der Waals surface area contributed by atoms with Gasteiger partial charge in [-0.25, -0.2) is 4.39 Å². The lowest BCUT2D eigenvalue weighted by Gasteiger charge is -2.59. The summed E-state index contributed by atoms with van der Waals surface area (Å²) in [6.45, 7) is 7.98. The molecule has 6 aliphatic rings. The number of ether oxygens (including phenoxy) is 1. The van der Waals surface area contributed by atoms with Gasteiger partial charge in [-0.05, 0) is 81.9 Å². The fourth-order valence-corrected chi connectivity index (χ4v) is 11.1. The molecule has 8 atom stereocenters. The largest absolute Gasteiger partial charge is 0.492 e. The summed E-state index contributed by atoms with van der Waals surface area (Å²) in [5, 5.41) is 28.0.